The maximum absolute atomic E-state index is 13.6. The van der Waals surface area contributed by atoms with Crippen LogP contribution in [0.3, 0.4) is 0 Å². The van der Waals surface area contributed by atoms with Crippen LogP contribution in [0, 0.1) is 25.5 Å². The summed E-state index contributed by atoms with van der Waals surface area (Å²) >= 11 is 0. The number of rotatable bonds is 3. The van der Waals surface area contributed by atoms with Crippen molar-refractivity contribution in [1.82, 2.24) is 5.32 Å². The van der Waals surface area contributed by atoms with Gasteiger partial charge in [0.2, 0.25) is 0 Å². The van der Waals surface area contributed by atoms with Crippen molar-refractivity contribution in [2.24, 2.45) is 0 Å². The van der Waals surface area contributed by atoms with E-state index < -0.39 is 0 Å². The normalized spacial score (nSPS) is 18.1. The van der Waals surface area contributed by atoms with Crippen molar-refractivity contribution in [3.05, 3.63) is 70.3 Å². The fourth-order valence-corrected chi connectivity index (χ4v) is 3.38. The number of aryl methyl sites for hydroxylation is 2. The molecule has 3 rings (SSSR count). The van der Waals surface area contributed by atoms with E-state index in [2.05, 4.69) is 5.32 Å². The number of halogens is 2. The zero-order valence-corrected chi connectivity index (χ0v) is 13.0. The monoisotopic (exact) mass is 301 g/mol. The first-order chi connectivity index (χ1) is 10.6. The van der Waals surface area contributed by atoms with Gasteiger partial charge in [-0.15, -0.1) is 0 Å². The lowest BCUT2D eigenvalue weighted by Gasteiger charge is -2.26. The number of hydrogen-bond acceptors (Lipinski definition) is 1. The van der Waals surface area contributed by atoms with Gasteiger partial charge in [-0.3, -0.25) is 0 Å². The standard InChI is InChI=1S/C19H21F2N/c1-12-10-14(5-7-16(12)20)19(18-4-3-9-22-18)15-6-8-17(21)13(2)11-15/h5-8,10-11,18-19,22H,3-4,9H2,1-2H3. The summed E-state index contributed by atoms with van der Waals surface area (Å²) in [7, 11) is 0. The third-order valence-electron chi connectivity index (χ3n) is 4.58. The van der Waals surface area contributed by atoms with E-state index in [1.54, 1.807) is 13.8 Å². The van der Waals surface area contributed by atoms with Crippen molar-refractivity contribution >= 4 is 0 Å². The van der Waals surface area contributed by atoms with E-state index in [0.29, 0.717) is 17.2 Å². The van der Waals surface area contributed by atoms with E-state index >= 15 is 0 Å². The second kappa shape index (κ2) is 6.17. The number of nitrogens with one attached hydrogen (secondary N) is 1. The second-order valence-corrected chi connectivity index (χ2v) is 6.20. The third-order valence-corrected chi connectivity index (χ3v) is 4.58. The molecule has 22 heavy (non-hydrogen) atoms. The molecule has 0 aromatic heterocycles. The molecule has 0 amide bonds. The van der Waals surface area contributed by atoms with Crippen molar-refractivity contribution in [3.63, 3.8) is 0 Å². The molecule has 1 unspecified atom stereocenters. The fraction of sp³-hybridized carbons (Fsp3) is 0.368. The van der Waals surface area contributed by atoms with Crippen molar-refractivity contribution in [1.29, 1.82) is 0 Å². The molecule has 3 heteroatoms. The van der Waals surface area contributed by atoms with E-state index in [1.165, 1.54) is 12.1 Å². The van der Waals surface area contributed by atoms with Crippen LogP contribution in [0.5, 0.6) is 0 Å². The van der Waals surface area contributed by atoms with Gasteiger partial charge in [-0.25, -0.2) is 8.78 Å². The van der Waals surface area contributed by atoms with Crippen molar-refractivity contribution < 1.29 is 8.78 Å². The Morgan fingerprint density at radius 2 is 1.50 bits per heavy atom. The lowest BCUT2D eigenvalue weighted by atomic mass is 9.83. The Morgan fingerprint density at radius 3 is 1.91 bits per heavy atom. The van der Waals surface area contributed by atoms with Gasteiger partial charge >= 0.3 is 0 Å². The molecule has 0 aliphatic carbocycles. The van der Waals surface area contributed by atoms with Crippen LogP contribution in [0.1, 0.15) is 41.0 Å². The van der Waals surface area contributed by atoms with Gasteiger partial charge in [0.1, 0.15) is 11.6 Å². The summed E-state index contributed by atoms with van der Waals surface area (Å²) in [4.78, 5) is 0. The predicted molar refractivity (Wildman–Crippen MR) is 85.1 cm³/mol. The Balaban J connectivity index is 2.06. The van der Waals surface area contributed by atoms with Gasteiger partial charge in [0.05, 0.1) is 0 Å². The second-order valence-electron chi connectivity index (χ2n) is 6.20. The summed E-state index contributed by atoms with van der Waals surface area (Å²) in [6, 6.07) is 10.9. The quantitative estimate of drug-likeness (QED) is 0.882. The van der Waals surface area contributed by atoms with Crippen LogP contribution >= 0.6 is 0 Å². The first-order valence-electron chi connectivity index (χ1n) is 7.82. The summed E-state index contributed by atoms with van der Waals surface area (Å²) in [6.45, 7) is 4.57. The Labute approximate surface area is 130 Å². The molecule has 2 aromatic rings. The first kappa shape index (κ1) is 15.2. The molecule has 0 saturated carbocycles. The summed E-state index contributed by atoms with van der Waals surface area (Å²) in [5.74, 6) is -0.240. The van der Waals surface area contributed by atoms with Crippen molar-refractivity contribution in [2.75, 3.05) is 6.54 Å². The minimum absolute atomic E-state index is 0.126. The molecule has 1 atom stereocenters. The largest absolute Gasteiger partial charge is 0.313 e. The molecule has 1 N–H and O–H groups in total. The highest BCUT2D eigenvalue weighted by molar-refractivity contribution is 5.39. The topological polar surface area (TPSA) is 12.0 Å². The average Bonchev–Trinajstić information content (AvgIpc) is 3.01. The Hall–Kier alpha value is -1.74. The summed E-state index contributed by atoms with van der Waals surface area (Å²) in [5.41, 5.74) is 3.48. The molecule has 0 spiro atoms. The van der Waals surface area contributed by atoms with E-state index in [0.717, 1.165) is 30.5 Å². The first-order valence-corrected chi connectivity index (χ1v) is 7.82. The highest BCUT2D eigenvalue weighted by Crippen LogP contribution is 2.33. The van der Waals surface area contributed by atoms with Crippen LogP contribution in [0.4, 0.5) is 8.78 Å². The van der Waals surface area contributed by atoms with Gasteiger partial charge in [0, 0.05) is 12.0 Å². The molecule has 1 fully saturated rings. The molecular formula is C19H21F2N. The molecule has 1 aliphatic rings. The molecule has 1 heterocycles. The highest BCUT2D eigenvalue weighted by atomic mass is 19.1. The van der Waals surface area contributed by atoms with Crippen LogP contribution in [0.2, 0.25) is 0 Å². The van der Waals surface area contributed by atoms with Crippen molar-refractivity contribution in [3.8, 4) is 0 Å². The average molecular weight is 301 g/mol. The van der Waals surface area contributed by atoms with Crippen LogP contribution in [0.15, 0.2) is 36.4 Å². The smallest absolute Gasteiger partial charge is 0.126 e. The zero-order valence-electron chi connectivity index (χ0n) is 13.0. The Kier molecular flexibility index (Phi) is 4.25. The fourth-order valence-electron chi connectivity index (χ4n) is 3.38. The van der Waals surface area contributed by atoms with Gasteiger partial charge in [-0.05, 0) is 67.6 Å². The molecular weight excluding hydrogens is 280 g/mol. The van der Waals surface area contributed by atoms with Gasteiger partial charge in [0.15, 0.2) is 0 Å². The SMILES string of the molecule is Cc1cc(C(c2ccc(F)c(C)c2)C2CCCN2)ccc1F. The van der Waals surface area contributed by atoms with Crippen LogP contribution in [-0.2, 0) is 0 Å². The Bertz CT molecular complexity index is 624. The lowest BCUT2D eigenvalue weighted by molar-refractivity contribution is 0.536. The van der Waals surface area contributed by atoms with E-state index in [1.807, 2.05) is 24.3 Å². The van der Waals surface area contributed by atoms with Crippen molar-refractivity contribution in [2.45, 2.75) is 38.6 Å². The maximum Gasteiger partial charge on any atom is 0.126 e. The van der Waals surface area contributed by atoms with E-state index in [4.69, 9.17) is 0 Å². The number of hydrogen-bond donors (Lipinski definition) is 1. The molecule has 116 valence electrons. The molecule has 1 nitrogen and oxygen atoms in total. The Morgan fingerprint density at radius 1 is 0.955 bits per heavy atom. The maximum atomic E-state index is 13.6. The number of benzene rings is 2. The van der Waals surface area contributed by atoms with Crippen LogP contribution in [-0.4, -0.2) is 12.6 Å². The van der Waals surface area contributed by atoms with Gasteiger partial charge in [0.25, 0.3) is 0 Å². The summed E-state index contributed by atoms with van der Waals surface area (Å²) < 4.78 is 27.2. The zero-order chi connectivity index (χ0) is 15.7. The van der Waals surface area contributed by atoms with Gasteiger partial charge in [-0.1, -0.05) is 24.3 Å². The minimum atomic E-state index is -0.183. The molecule has 0 bridgehead atoms. The highest BCUT2D eigenvalue weighted by Gasteiger charge is 2.28. The van der Waals surface area contributed by atoms with E-state index in [-0.39, 0.29) is 17.6 Å². The minimum Gasteiger partial charge on any atom is -0.313 e. The van der Waals surface area contributed by atoms with Gasteiger partial charge < -0.3 is 5.32 Å². The molecule has 0 radical (unpaired) electrons. The molecule has 1 saturated heterocycles. The van der Waals surface area contributed by atoms with Gasteiger partial charge in [-0.2, -0.15) is 0 Å². The van der Waals surface area contributed by atoms with E-state index in [9.17, 15) is 8.78 Å². The summed E-state index contributed by atoms with van der Waals surface area (Å²) in [5, 5.41) is 3.53. The molecule has 2 aromatic carbocycles. The van der Waals surface area contributed by atoms with Crippen LogP contribution in [0.25, 0.3) is 0 Å². The molecule has 1 aliphatic heterocycles. The summed E-state index contributed by atoms with van der Waals surface area (Å²) in [6.07, 6.45) is 2.22. The predicted octanol–water partition coefficient (Wildman–Crippen LogP) is 4.47. The van der Waals surface area contributed by atoms with Crippen LogP contribution < -0.4 is 5.32 Å². The third kappa shape index (κ3) is 2.91. The lowest BCUT2D eigenvalue weighted by Crippen LogP contribution is -2.29.